The molecule has 0 atom stereocenters. The van der Waals surface area contributed by atoms with Gasteiger partial charge in [-0.1, -0.05) is 49.4 Å². The van der Waals surface area contributed by atoms with Crippen molar-refractivity contribution in [1.29, 1.82) is 0 Å². The van der Waals surface area contributed by atoms with Crippen LogP contribution in [0, 0.1) is 0 Å². The van der Waals surface area contributed by atoms with Crippen molar-refractivity contribution in [2.45, 2.75) is 23.1 Å². The van der Waals surface area contributed by atoms with Crippen molar-refractivity contribution in [3.63, 3.8) is 0 Å². The molecule has 0 radical (unpaired) electrons. The third-order valence-electron chi connectivity index (χ3n) is 11.0. The number of benzene rings is 9. The lowest BCUT2D eigenvalue weighted by atomic mass is 10.1. The molecular weight excluding hydrogens is 921 g/mol. The predicted molar refractivity (Wildman–Crippen MR) is 264 cm³/mol. The highest BCUT2D eigenvalue weighted by Crippen LogP contribution is 2.42. The van der Waals surface area contributed by atoms with Gasteiger partial charge in [0.2, 0.25) is 0 Å². The molecule has 0 aliphatic carbocycles. The Morgan fingerprint density at radius 3 is 1.54 bits per heavy atom. The number of hydrogen-bond acceptors (Lipinski definition) is 14. The summed E-state index contributed by atoms with van der Waals surface area (Å²) in [6, 6.07) is 39.8. The molecule has 19 heteroatoms. The van der Waals surface area contributed by atoms with Gasteiger partial charge in [0.25, 0.3) is 26.1 Å². The Morgan fingerprint density at radius 2 is 1.00 bits per heavy atom. The second-order valence-corrected chi connectivity index (χ2v) is 18.4. The van der Waals surface area contributed by atoms with E-state index in [9.17, 15) is 35.8 Å². The number of ether oxygens (including phenoxy) is 1. The number of phenols is 1. The largest absolute Gasteiger partial charge is 0.505 e. The van der Waals surface area contributed by atoms with Crippen LogP contribution in [0.25, 0.3) is 43.1 Å². The zero-order chi connectivity index (χ0) is 48.5. The third kappa shape index (κ3) is 9.69. The summed E-state index contributed by atoms with van der Waals surface area (Å²) in [6.45, 7) is 2.57. The molecule has 17 nitrogen and oxygen atoms in total. The van der Waals surface area contributed by atoms with Gasteiger partial charge in [-0.2, -0.15) is 16.8 Å². The molecule has 0 spiro atoms. The Morgan fingerprint density at radius 1 is 0.536 bits per heavy atom. The Balaban J connectivity index is 1.05. The minimum atomic E-state index is -4.68. The maximum absolute atomic E-state index is 12.8. The van der Waals surface area contributed by atoms with Gasteiger partial charge in [-0.05, 0) is 121 Å². The first-order valence-electron chi connectivity index (χ1n) is 21.1. The standard InChI is InChI=1S/C50H38N8O9S2/c1-2-25-67-48-24-23-44(36-5-3-4-6-39(36)48)55-53-42-19-21-45(40-27-33(68(61,62)63)13-16-37(40)42)56-54-43-20-22-46(41-28-34(69(64,65)66)14-17-38(41)43)57-58-47-18-9-30-26-32(12-15-35(30)49(47)59)52-50(60)29-7-10-31(51)11-8-29/h3-24,26-28,59H,2,25,51H2,1H3,(H,52,60)(H,61,62,63)(H,64,65,66). The summed E-state index contributed by atoms with van der Waals surface area (Å²) in [5.41, 5.74) is 8.71. The quantitative estimate of drug-likeness (QED) is 0.0414. The van der Waals surface area contributed by atoms with Gasteiger partial charge in [0.05, 0.1) is 44.8 Å². The number of azo groups is 3. The molecule has 6 N–H and O–H groups in total. The number of amides is 1. The van der Waals surface area contributed by atoms with Gasteiger partial charge in [0.1, 0.15) is 11.4 Å². The monoisotopic (exact) mass is 958 g/mol. The average Bonchev–Trinajstić information content (AvgIpc) is 3.34. The van der Waals surface area contributed by atoms with Crippen LogP contribution in [0.1, 0.15) is 23.7 Å². The van der Waals surface area contributed by atoms with Crippen LogP contribution in [0.4, 0.5) is 45.5 Å². The highest BCUT2D eigenvalue weighted by atomic mass is 32.2. The lowest BCUT2D eigenvalue weighted by Crippen LogP contribution is -2.11. The SMILES string of the molecule is CCCOc1ccc(N=Nc2ccc(N=Nc3ccc(N=Nc4ccc5cc(NC(=O)c6ccc(N)cc6)ccc5c4O)c4cc(S(=O)(=O)O)ccc34)c3cc(S(=O)(=O)O)ccc23)c2ccccc12. The van der Waals surface area contributed by atoms with Gasteiger partial charge in [0, 0.05) is 54.6 Å². The van der Waals surface area contributed by atoms with Crippen LogP contribution in [-0.2, 0) is 20.2 Å². The molecule has 0 aromatic heterocycles. The van der Waals surface area contributed by atoms with Gasteiger partial charge < -0.3 is 20.9 Å². The highest BCUT2D eigenvalue weighted by molar-refractivity contribution is 7.86. The number of carbonyl (C=O) groups excluding carboxylic acids is 1. The number of rotatable bonds is 13. The molecule has 344 valence electrons. The van der Waals surface area contributed by atoms with Crippen LogP contribution < -0.4 is 15.8 Å². The second kappa shape index (κ2) is 18.7. The highest BCUT2D eigenvalue weighted by Gasteiger charge is 2.17. The average molecular weight is 959 g/mol. The molecule has 0 heterocycles. The minimum absolute atomic E-state index is 0.0754. The van der Waals surface area contributed by atoms with E-state index in [1.807, 2.05) is 37.3 Å². The van der Waals surface area contributed by atoms with E-state index in [-0.39, 0.29) is 45.2 Å². The molecule has 0 saturated heterocycles. The van der Waals surface area contributed by atoms with Crippen LogP contribution in [0.2, 0.25) is 0 Å². The third-order valence-corrected chi connectivity index (χ3v) is 12.7. The number of anilines is 2. The molecule has 1 amide bonds. The van der Waals surface area contributed by atoms with E-state index in [2.05, 4.69) is 36.0 Å². The maximum atomic E-state index is 12.8. The number of fused-ring (bicyclic) bond motifs is 4. The molecule has 9 aromatic carbocycles. The lowest BCUT2D eigenvalue weighted by Gasteiger charge is -2.10. The van der Waals surface area contributed by atoms with Gasteiger partial charge in [-0.3, -0.25) is 13.9 Å². The summed E-state index contributed by atoms with van der Waals surface area (Å²) in [5.74, 6) is 0.161. The fourth-order valence-electron chi connectivity index (χ4n) is 7.56. The van der Waals surface area contributed by atoms with Crippen molar-refractivity contribution >= 4 is 115 Å². The Kier molecular flexibility index (Phi) is 12.3. The summed E-state index contributed by atoms with van der Waals surface area (Å²) in [4.78, 5) is 12.0. The minimum Gasteiger partial charge on any atom is -0.505 e. The molecule has 0 saturated carbocycles. The Labute approximate surface area is 393 Å². The first kappa shape index (κ1) is 45.7. The fraction of sp³-hybridized carbons (Fsp3) is 0.0600. The summed E-state index contributed by atoms with van der Waals surface area (Å²) < 4.78 is 75.1. The maximum Gasteiger partial charge on any atom is 0.294 e. The predicted octanol–water partition coefficient (Wildman–Crippen LogP) is 13.4. The molecular formula is C50H38N8O9S2. The second-order valence-electron chi connectivity index (χ2n) is 15.6. The van der Waals surface area contributed by atoms with Crippen LogP contribution in [0.3, 0.4) is 0 Å². The van der Waals surface area contributed by atoms with E-state index in [0.29, 0.717) is 62.2 Å². The zero-order valence-corrected chi connectivity index (χ0v) is 37.8. The van der Waals surface area contributed by atoms with Crippen LogP contribution in [-0.4, -0.2) is 43.6 Å². The number of nitrogens with one attached hydrogen (secondary N) is 1. The number of phenolic OH excluding ortho intramolecular Hbond substituents is 1. The van der Waals surface area contributed by atoms with Crippen molar-refractivity contribution in [3.8, 4) is 11.5 Å². The topological polar surface area (TPSA) is 267 Å². The van der Waals surface area contributed by atoms with Crippen molar-refractivity contribution < 1.29 is 40.6 Å². The number of nitrogens with zero attached hydrogens (tertiary/aromatic N) is 6. The molecule has 9 aromatic rings. The summed E-state index contributed by atoms with van der Waals surface area (Å²) >= 11 is 0. The molecule has 0 unspecified atom stereocenters. The van der Waals surface area contributed by atoms with Gasteiger partial charge >= 0.3 is 0 Å². The zero-order valence-electron chi connectivity index (χ0n) is 36.2. The normalized spacial score (nSPS) is 12.3. The van der Waals surface area contributed by atoms with E-state index in [4.69, 9.17) is 10.5 Å². The molecule has 69 heavy (non-hydrogen) atoms. The Hall–Kier alpha value is -8.49. The first-order chi connectivity index (χ1) is 33.1. The molecule has 0 aliphatic rings. The molecule has 0 aliphatic heterocycles. The number of carbonyl (C=O) groups is 1. The fourth-order valence-corrected chi connectivity index (χ4v) is 8.58. The molecule has 0 fully saturated rings. The van der Waals surface area contributed by atoms with E-state index in [1.165, 1.54) is 48.5 Å². The van der Waals surface area contributed by atoms with Gasteiger partial charge in [0.15, 0.2) is 5.75 Å². The van der Waals surface area contributed by atoms with Crippen LogP contribution >= 0.6 is 0 Å². The first-order valence-corrected chi connectivity index (χ1v) is 23.9. The summed E-state index contributed by atoms with van der Waals surface area (Å²) in [7, 11) is -9.32. The number of nitrogen functional groups attached to an aromatic ring is 1. The van der Waals surface area contributed by atoms with E-state index < -0.39 is 30.0 Å². The Bertz CT molecular complexity index is 3870. The van der Waals surface area contributed by atoms with E-state index in [1.54, 1.807) is 72.8 Å². The van der Waals surface area contributed by atoms with Crippen LogP contribution in [0.5, 0.6) is 11.5 Å². The number of aromatic hydroxyl groups is 1. The van der Waals surface area contributed by atoms with Crippen molar-refractivity contribution in [2.24, 2.45) is 30.7 Å². The van der Waals surface area contributed by atoms with Crippen LogP contribution in [0.15, 0.2) is 192 Å². The number of nitrogens with two attached hydrogens (primary N) is 1. The number of hydrogen-bond donors (Lipinski definition) is 5. The van der Waals surface area contributed by atoms with Crippen molar-refractivity contribution in [3.05, 3.63) is 157 Å². The van der Waals surface area contributed by atoms with Gasteiger partial charge in [-0.15, -0.1) is 30.7 Å². The molecule has 0 bridgehead atoms. The van der Waals surface area contributed by atoms with Crippen molar-refractivity contribution in [2.75, 3.05) is 17.7 Å². The lowest BCUT2D eigenvalue weighted by molar-refractivity contribution is 0.102. The van der Waals surface area contributed by atoms with E-state index >= 15 is 0 Å². The van der Waals surface area contributed by atoms with E-state index in [0.717, 1.165) is 17.2 Å². The molecule has 9 rings (SSSR count). The smallest absolute Gasteiger partial charge is 0.294 e. The van der Waals surface area contributed by atoms with Gasteiger partial charge in [-0.25, -0.2) is 0 Å². The summed E-state index contributed by atoms with van der Waals surface area (Å²) in [5, 5.41) is 44.6. The summed E-state index contributed by atoms with van der Waals surface area (Å²) in [6.07, 6.45) is 0.841. The van der Waals surface area contributed by atoms with Crippen molar-refractivity contribution in [1.82, 2.24) is 0 Å².